The number of carbonyl (C=O) groups is 1. The number of anilines is 1. The van der Waals surface area contributed by atoms with E-state index in [4.69, 9.17) is 5.73 Å². The highest BCUT2D eigenvalue weighted by Crippen LogP contribution is 2.09. The Morgan fingerprint density at radius 2 is 2.42 bits per heavy atom. The normalized spacial score (nSPS) is 10.8. The molecule has 19 heavy (non-hydrogen) atoms. The molecule has 0 spiro atoms. The van der Waals surface area contributed by atoms with Gasteiger partial charge >= 0.3 is 0 Å². The molecule has 0 unspecified atom stereocenters. The second kappa shape index (κ2) is 6.05. The Morgan fingerprint density at radius 3 is 3.11 bits per heavy atom. The highest BCUT2D eigenvalue weighted by molar-refractivity contribution is 9.10. The molecular weight excluding hydrogens is 314 g/mol. The summed E-state index contributed by atoms with van der Waals surface area (Å²) in [6, 6.07) is 7.50. The van der Waals surface area contributed by atoms with Crippen molar-refractivity contribution in [3.63, 3.8) is 0 Å². The van der Waals surface area contributed by atoms with Crippen LogP contribution in [0.2, 0.25) is 0 Å². The number of nitrogens with one attached hydrogen (secondary N) is 1. The van der Waals surface area contributed by atoms with Gasteiger partial charge in [-0.2, -0.15) is 5.10 Å². The molecule has 0 atom stereocenters. The Kier molecular flexibility index (Phi) is 4.18. The van der Waals surface area contributed by atoms with Gasteiger partial charge in [-0.3, -0.25) is 4.79 Å². The Labute approximate surface area is 116 Å². The number of nitrogens with two attached hydrogens (primary N) is 1. The number of aromatic nitrogens is 4. The molecule has 2 rings (SSSR count). The molecule has 0 aliphatic rings. The average Bonchev–Trinajstić information content (AvgIpc) is 2.75. The second-order valence-corrected chi connectivity index (χ2v) is 4.46. The molecule has 2 aromatic rings. The van der Waals surface area contributed by atoms with Gasteiger partial charge in [-0.05, 0) is 28.1 Å². The molecule has 0 aliphatic carbocycles. The van der Waals surface area contributed by atoms with Gasteiger partial charge < -0.3 is 5.73 Å². The SMILES string of the molecule is Nc1nnnn1CC(=O)N/N=C\c1cccc(Br)c1. The van der Waals surface area contributed by atoms with E-state index >= 15 is 0 Å². The van der Waals surface area contributed by atoms with Gasteiger partial charge in [0.25, 0.3) is 5.91 Å². The monoisotopic (exact) mass is 323 g/mol. The summed E-state index contributed by atoms with van der Waals surface area (Å²) in [6.07, 6.45) is 1.53. The van der Waals surface area contributed by atoms with E-state index in [1.807, 2.05) is 24.3 Å². The highest BCUT2D eigenvalue weighted by Gasteiger charge is 2.06. The van der Waals surface area contributed by atoms with Crippen LogP contribution in [-0.4, -0.2) is 32.3 Å². The molecular formula is C10H10BrN7O. The lowest BCUT2D eigenvalue weighted by Gasteiger charge is -2.00. The third-order valence-electron chi connectivity index (χ3n) is 2.10. The van der Waals surface area contributed by atoms with Crippen molar-refractivity contribution in [2.24, 2.45) is 5.10 Å². The number of hydrazone groups is 1. The number of hydrogen-bond donors (Lipinski definition) is 2. The van der Waals surface area contributed by atoms with E-state index < -0.39 is 0 Å². The van der Waals surface area contributed by atoms with Crippen molar-refractivity contribution < 1.29 is 4.79 Å². The van der Waals surface area contributed by atoms with Crippen molar-refractivity contribution in [2.75, 3.05) is 5.73 Å². The average molecular weight is 324 g/mol. The van der Waals surface area contributed by atoms with Gasteiger partial charge in [0.15, 0.2) is 0 Å². The zero-order valence-corrected chi connectivity index (χ0v) is 11.3. The number of nitrogens with zero attached hydrogens (tertiary/aromatic N) is 5. The van der Waals surface area contributed by atoms with Crippen molar-refractivity contribution in [3.8, 4) is 0 Å². The summed E-state index contributed by atoms with van der Waals surface area (Å²) in [5, 5.41) is 14.2. The molecule has 0 aliphatic heterocycles. The van der Waals surface area contributed by atoms with Gasteiger partial charge in [0.2, 0.25) is 5.95 Å². The first-order valence-corrected chi connectivity index (χ1v) is 6.03. The number of benzene rings is 1. The van der Waals surface area contributed by atoms with Crippen molar-refractivity contribution >= 4 is 34.0 Å². The lowest BCUT2D eigenvalue weighted by Crippen LogP contribution is -2.24. The Hall–Kier alpha value is -2.29. The van der Waals surface area contributed by atoms with Crippen molar-refractivity contribution in [1.82, 2.24) is 25.6 Å². The summed E-state index contributed by atoms with van der Waals surface area (Å²) in [5.41, 5.74) is 8.65. The number of rotatable bonds is 4. The summed E-state index contributed by atoms with van der Waals surface area (Å²) >= 11 is 3.34. The van der Waals surface area contributed by atoms with Crippen LogP contribution in [0.25, 0.3) is 0 Å². The fraction of sp³-hybridized carbons (Fsp3) is 0.100. The number of nitrogen functional groups attached to an aromatic ring is 1. The number of carbonyl (C=O) groups excluding carboxylic acids is 1. The first-order chi connectivity index (χ1) is 9.15. The van der Waals surface area contributed by atoms with Gasteiger partial charge in [0, 0.05) is 4.47 Å². The number of halogens is 1. The number of tetrazole rings is 1. The molecule has 0 saturated heterocycles. The molecule has 0 fully saturated rings. The van der Waals surface area contributed by atoms with Crippen LogP contribution in [-0.2, 0) is 11.3 Å². The minimum atomic E-state index is -0.370. The Morgan fingerprint density at radius 1 is 1.58 bits per heavy atom. The summed E-state index contributed by atoms with van der Waals surface area (Å²) in [5.74, 6) is -0.295. The fourth-order valence-corrected chi connectivity index (χ4v) is 1.68. The molecule has 1 aromatic heterocycles. The maximum Gasteiger partial charge on any atom is 0.261 e. The largest absolute Gasteiger partial charge is 0.367 e. The highest BCUT2D eigenvalue weighted by atomic mass is 79.9. The van der Waals surface area contributed by atoms with Gasteiger partial charge in [0.1, 0.15) is 6.54 Å². The first kappa shape index (κ1) is 13.1. The number of hydrogen-bond acceptors (Lipinski definition) is 6. The maximum absolute atomic E-state index is 11.5. The van der Waals surface area contributed by atoms with Gasteiger partial charge in [-0.15, -0.1) is 0 Å². The topological polar surface area (TPSA) is 111 Å². The van der Waals surface area contributed by atoms with Crippen LogP contribution in [0.15, 0.2) is 33.8 Å². The molecule has 1 heterocycles. The molecule has 98 valence electrons. The van der Waals surface area contributed by atoms with Crippen LogP contribution in [0.3, 0.4) is 0 Å². The summed E-state index contributed by atoms with van der Waals surface area (Å²) in [4.78, 5) is 11.5. The molecule has 1 amide bonds. The van der Waals surface area contributed by atoms with Crippen LogP contribution in [0.4, 0.5) is 5.95 Å². The first-order valence-electron chi connectivity index (χ1n) is 5.24. The third-order valence-corrected chi connectivity index (χ3v) is 2.60. The lowest BCUT2D eigenvalue weighted by atomic mass is 10.2. The smallest absolute Gasteiger partial charge is 0.261 e. The van der Waals surface area contributed by atoms with E-state index in [9.17, 15) is 4.79 Å². The Bertz CT molecular complexity index is 609. The summed E-state index contributed by atoms with van der Waals surface area (Å²) in [6.45, 7) is -0.0886. The maximum atomic E-state index is 11.5. The minimum absolute atomic E-state index is 0.0751. The van der Waals surface area contributed by atoms with E-state index in [0.717, 1.165) is 10.0 Å². The lowest BCUT2D eigenvalue weighted by molar-refractivity contribution is -0.121. The predicted octanol–water partition coefficient (Wildman–Crippen LogP) is 0.168. The Balaban J connectivity index is 1.88. The molecule has 3 N–H and O–H groups in total. The molecule has 1 aromatic carbocycles. The molecule has 0 saturated carbocycles. The van der Waals surface area contributed by atoms with E-state index in [-0.39, 0.29) is 18.4 Å². The fourth-order valence-electron chi connectivity index (χ4n) is 1.26. The van der Waals surface area contributed by atoms with Gasteiger partial charge in [-0.25, -0.2) is 10.1 Å². The molecule has 8 nitrogen and oxygen atoms in total. The molecule has 0 radical (unpaired) electrons. The van der Waals surface area contributed by atoms with Gasteiger partial charge in [-0.1, -0.05) is 33.2 Å². The summed E-state index contributed by atoms with van der Waals surface area (Å²) < 4.78 is 2.11. The van der Waals surface area contributed by atoms with Crippen molar-refractivity contribution in [1.29, 1.82) is 0 Å². The van der Waals surface area contributed by atoms with Crippen LogP contribution in [0, 0.1) is 0 Å². The minimum Gasteiger partial charge on any atom is -0.367 e. The second-order valence-electron chi connectivity index (χ2n) is 3.54. The molecule has 0 bridgehead atoms. The zero-order chi connectivity index (χ0) is 13.7. The van der Waals surface area contributed by atoms with Crippen LogP contribution in [0.5, 0.6) is 0 Å². The van der Waals surface area contributed by atoms with Crippen molar-refractivity contribution in [3.05, 3.63) is 34.3 Å². The van der Waals surface area contributed by atoms with Crippen LogP contribution >= 0.6 is 15.9 Å². The predicted molar refractivity (Wildman–Crippen MR) is 72.1 cm³/mol. The third kappa shape index (κ3) is 3.85. The standard InChI is InChI=1S/C10H10BrN7O/c11-8-3-1-2-7(4-8)5-13-14-9(19)6-18-10(12)15-16-17-18/h1-5H,6H2,(H,14,19)(H2,12,15,17)/b13-5-. The number of amides is 1. The van der Waals surface area contributed by atoms with E-state index in [1.54, 1.807) is 0 Å². The van der Waals surface area contributed by atoms with E-state index in [1.165, 1.54) is 10.9 Å². The zero-order valence-electron chi connectivity index (χ0n) is 9.69. The van der Waals surface area contributed by atoms with Crippen LogP contribution in [0.1, 0.15) is 5.56 Å². The van der Waals surface area contributed by atoms with Gasteiger partial charge in [0.05, 0.1) is 6.21 Å². The van der Waals surface area contributed by atoms with E-state index in [2.05, 4.69) is 42.0 Å². The van der Waals surface area contributed by atoms with Crippen LogP contribution < -0.4 is 11.2 Å². The molecule has 9 heteroatoms. The summed E-state index contributed by atoms with van der Waals surface area (Å²) in [7, 11) is 0. The van der Waals surface area contributed by atoms with Crippen molar-refractivity contribution in [2.45, 2.75) is 6.54 Å². The van der Waals surface area contributed by atoms with E-state index in [0.29, 0.717) is 0 Å². The quantitative estimate of drug-likeness (QED) is 0.615.